The predicted octanol–water partition coefficient (Wildman–Crippen LogP) is 2.64. The molecule has 5 heteroatoms. The lowest BCUT2D eigenvalue weighted by molar-refractivity contribution is 0.239. The second-order valence-corrected chi connectivity index (χ2v) is 6.45. The van der Waals surface area contributed by atoms with Gasteiger partial charge in [0.1, 0.15) is 0 Å². The summed E-state index contributed by atoms with van der Waals surface area (Å²) in [6, 6.07) is 5.81. The van der Waals surface area contributed by atoms with E-state index in [-0.39, 0.29) is 11.6 Å². The highest BCUT2D eigenvalue weighted by Crippen LogP contribution is 2.18. The van der Waals surface area contributed by atoms with Gasteiger partial charge in [0.05, 0.1) is 0 Å². The summed E-state index contributed by atoms with van der Waals surface area (Å²) in [7, 11) is 0. The van der Waals surface area contributed by atoms with Crippen LogP contribution in [0.25, 0.3) is 10.9 Å². The summed E-state index contributed by atoms with van der Waals surface area (Å²) in [5, 5.41) is 6.63. The van der Waals surface area contributed by atoms with E-state index in [0.29, 0.717) is 31.0 Å². The zero-order valence-electron chi connectivity index (χ0n) is 14.2. The SMILES string of the molecule is Cc1cc(C)c2cc(CCNC(=O)NCC(C)C)c(=O)[nH]c2c1. The van der Waals surface area contributed by atoms with Crippen LogP contribution in [0.15, 0.2) is 23.0 Å². The third-order valence-corrected chi connectivity index (χ3v) is 3.74. The number of H-pyrrole nitrogens is 1. The molecule has 1 aromatic carbocycles. The van der Waals surface area contributed by atoms with Crippen LogP contribution in [0.5, 0.6) is 0 Å². The van der Waals surface area contributed by atoms with Crippen molar-refractivity contribution in [2.75, 3.05) is 13.1 Å². The standard InChI is InChI=1S/C18H25N3O2/c1-11(2)10-20-18(23)19-6-5-14-9-15-13(4)7-12(3)8-16(15)21-17(14)22/h7-9,11H,5-6,10H2,1-4H3,(H,21,22)(H2,19,20,23). The molecule has 0 atom stereocenters. The smallest absolute Gasteiger partial charge is 0.314 e. The molecular formula is C18H25N3O2. The molecule has 2 amide bonds. The minimum Gasteiger partial charge on any atom is -0.338 e. The maximum atomic E-state index is 12.2. The average Bonchev–Trinajstić information content (AvgIpc) is 2.46. The van der Waals surface area contributed by atoms with Gasteiger partial charge in [0, 0.05) is 29.6 Å². The van der Waals surface area contributed by atoms with Crippen molar-refractivity contribution in [3.8, 4) is 0 Å². The molecule has 0 unspecified atom stereocenters. The summed E-state index contributed by atoms with van der Waals surface area (Å²) >= 11 is 0. The number of nitrogens with one attached hydrogen (secondary N) is 3. The van der Waals surface area contributed by atoms with Gasteiger partial charge in [-0.05, 0) is 49.4 Å². The highest BCUT2D eigenvalue weighted by Gasteiger charge is 2.07. The van der Waals surface area contributed by atoms with E-state index in [0.717, 1.165) is 22.0 Å². The Hall–Kier alpha value is -2.30. The molecule has 2 aromatic rings. The number of pyridine rings is 1. The zero-order chi connectivity index (χ0) is 17.0. The monoisotopic (exact) mass is 315 g/mol. The number of urea groups is 1. The first-order chi connectivity index (χ1) is 10.9. The molecule has 23 heavy (non-hydrogen) atoms. The van der Waals surface area contributed by atoms with Gasteiger partial charge in [0.2, 0.25) is 0 Å². The molecule has 2 rings (SSSR count). The second kappa shape index (κ2) is 7.31. The number of aryl methyl sites for hydroxylation is 2. The molecule has 0 aliphatic rings. The highest BCUT2D eigenvalue weighted by atomic mass is 16.2. The van der Waals surface area contributed by atoms with E-state index in [1.165, 1.54) is 0 Å². The van der Waals surface area contributed by atoms with E-state index in [9.17, 15) is 9.59 Å². The Bertz CT molecular complexity index is 763. The minimum absolute atomic E-state index is 0.0908. The van der Waals surface area contributed by atoms with Gasteiger partial charge in [-0.3, -0.25) is 4.79 Å². The van der Waals surface area contributed by atoms with Crippen molar-refractivity contribution in [2.24, 2.45) is 5.92 Å². The number of fused-ring (bicyclic) bond motifs is 1. The van der Waals surface area contributed by atoms with E-state index in [2.05, 4.69) is 21.7 Å². The van der Waals surface area contributed by atoms with Crippen molar-refractivity contribution < 1.29 is 4.79 Å². The fourth-order valence-electron chi connectivity index (χ4n) is 2.57. The van der Waals surface area contributed by atoms with Crippen LogP contribution in [0, 0.1) is 19.8 Å². The van der Waals surface area contributed by atoms with Crippen molar-refractivity contribution in [2.45, 2.75) is 34.1 Å². The third kappa shape index (κ3) is 4.58. The minimum atomic E-state index is -0.192. The Morgan fingerprint density at radius 2 is 1.91 bits per heavy atom. The Kier molecular flexibility index (Phi) is 5.42. The lowest BCUT2D eigenvalue weighted by Gasteiger charge is -2.10. The van der Waals surface area contributed by atoms with Crippen molar-refractivity contribution in [3.05, 3.63) is 45.2 Å². The van der Waals surface area contributed by atoms with Crippen LogP contribution < -0.4 is 16.2 Å². The van der Waals surface area contributed by atoms with Gasteiger partial charge in [-0.2, -0.15) is 0 Å². The van der Waals surface area contributed by atoms with Crippen LogP contribution in [0.3, 0.4) is 0 Å². The van der Waals surface area contributed by atoms with E-state index in [4.69, 9.17) is 0 Å². The zero-order valence-corrected chi connectivity index (χ0v) is 14.2. The molecule has 0 radical (unpaired) electrons. The molecule has 0 aliphatic heterocycles. The third-order valence-electron chi connectivity index (χ3n) is 3.74. The van der Waals surface area contributed by atoms with Gasteiger partial charge < -0.3 is 15.6 Å². The van der Waals surface area contributed by atoms with Crippen LogP contribution in [0.4, 0.5) is 4.79 Å². The Balaban J connectivity index is 2.05. The summed E-state index contributed by atoms with van der Waals surface area (Å²) in [5.74, 6) is 0.413. The van der Waals surface area contributed by atoms with Crippen LogP contribution in [0.1, 0.15) is 30.5 Å². The first-order valence-corrected chi connectivity index (χ1v) is 8.01. The maximum Gasteiger partial charge on any atom is 0.314 e. The van der Waals surface area contributed by atoms with Crippen molar-refractivity contribution >= 4 is 16.9 Å². The Morgan fingerprint density at radius 1 is 1.17 bits per heavy atom. The number of rotatable bonds is 5. The topological polar surface area (TPSA) is 74.0 Å². The number of aromatic amines is 1. The first-order valence-electron chi connectivity index (χ1n) is 8.01. The lowest BCUT2D eigenvalue weighted by atomic mass is 10.0. The van der Waals surface area contributed by atoms with Crippen LogP contribution in [-0.2, 0) is 6.42 Å². The second-order valence-electron chi connectivity index (χ2n) is 6.45. The number of amides is 2. The number of hydrogen-bond donors (Lipinski definition) is 3. The van der Waals surface area contributed by atoms with Gasteiger partial charge in [0.15, 0.2) is 0 Å². The van der Waals surface area contributed by atoms with Crippen LogP contribution in [0.2, 0.25) is 0 Å². The number of aromatic nitrogens is 1. The first kappa shape index (κ1) is 17.1. The molecule has 0 spiro atoms. The molecule has 0 aliphatic carbocycles. The fourth-order valence-corrected chi connectivity index (χ4v) is 2.57. The van der Waals surface area contributed by atoms with Gasteiger partial charge in [-0.1, -0.05) is 19.9 Å². The number of hydrogen-bond acceptors (Lipinski definition) is 2. The Morgan fingerprint density at radius 3 is 2.61 bits per heavy atom. The number of carbonyl (C=O) groups is 1. The van der Waals surface area contributed by atoms with Gasteiger partial charge in [-0.25, -0.2) is 4.79 Å². The summed E-state index contributed by atoms with van der Waals surface area (Å²) in [6.45, 7) is 9.20. The molecule has 1 heterocycles. The van der Waals surface area contributed by atoms with E-state index in [1.807, 2.05) is 39.8 Å². The van der Waals surface area contributed by atoms with Gasteiger partial charge in [-0.15, -0.1) is 0 Å². The highest BCUT2D eigenvalue weighted by molar-refractivity contribution is 5.83. The molecule has 1 aromatic heterocycles. The molecule has 0 saturated heterocycles. The fraction of sp³-hybridized carbons (Fsp3) is 0.444. The normalized spacial score (nSPS) is 11.0. The molecule has 3 N–H and O–H groups in total. The summed E-state index contributed by atoms with van der Waals surface area (Å²) < 4.78 is 0. The molecule has 5 nitrogen and oxygen atoms in total. The van der Waals surface area contributed by atoms with Crippen molar-refractivity contribution in [1.29, 1.82) is 0 Å². The Labute approximate surface area is 136 Å². The molecule has 0 bridgehead atoms. The van der Waals surface area contributed by atoms with Crippen LogP contribution >= 0.6 is 0 Å². The van der Waals surface area contributed by atoms with Crippen LogP contribution in [-0.4, -0.2) is 24.1 Å². The van der Waals surface area contributed by atoms with Gasteiger partial charge in [0.25, 0.3) is 5.56 Å². The molecule has 0 saturated carbocycles. The predicted molar refractivity (Wildman–Crippen MR) is 94.0 cm³/mol. The van der Waals surface area contributed by atoms with Crippen molar-refractivity contribution in [1.82, 2.24) is 15.6 Å². The largest absolute Gasteiger partial charge is 0.338 e. The summed E-state index contributed by atoms with van der Waals surface area (Å²) in [5.41, 5.74) is 3.72. The lowest BCUT2D eigenvalue weighted by Crippen LogP contribution is -2.38. The maximum absolute atomic E-state index is 12.2. The number of carbonyl (C=O) groups excluding carboxylic acids is 1. The number of benzene rings is 1. The van der Waals surface area contributed by atoms with E-state index >= 15 is 0 Å². The quantitative estimate of drug-likeness (QED) is 0.793. The molecular weight excluding hydrogens is 290 g/mol. The van der Waals surface area contributed by atoms with E-state index < -0.39 is 0 Å². The molecule has 0 fully saturated rings. The average molecular weight is 315 g/mol. The van der Waals surface area contributed by atoms with E-state index in [1.54, 1.807) is 0 Å². The molecule has 124 valence electrons. The van der Waals surface area contributed by atoms with Crippen molar-refractivity contribution in [3.63, 3.8) is 0 Å². The van der Waals surface area contributed by atoms with Gasteiger partial charge >= 0.3 is 6.03 Å². The summed E-state index contributed by atoms with van der Waals surface area (Å²) in [4.78, 5) is 26.7. The summed E-state index contributed by atoms with van der Waals surface area (Å²) in [6.07, 6.45) is 0.508.